The third kappa shape index (κ3) is 4.45. The average Bonchev–Trinajstić information content (AvgIpc) is 2.91. The monoisotopic (exact) mass is 339 g/mol. The summed E-state index contributed by atoms with van der Waals surface area (Å²) in [6.45, 7) is 3.98. The zero-order valence-corrected chi connectivity index (χ0v) is 14.8. The first-order chi connectivity index (χ1) is 10.3. The molecule has 1 aliphatic carbocycles. The van der Waals surface area contributed by atoms with Crippen LogP contribution >= 0.6 is 12.4 Å². The quantitative estimate of drug-likeness (QED) is 0.884. The molecule has 23 heavy (non-hydrogen) atoms. The summed E-state index contributed by atoms with van der Waals surface area (Å²) in [7, 11) is 1.64. The summed E-state index contributed by atoms with van der Waals surface area (Å²) >= 11 is 0. The fourth-order valence-electron chi connectivity index (χ4n) is 2.96. The summed E-state index contributed by atoms with van der Waals surface area (Å²) in [5.41, 5.74) is 8.31. The summed E-state index contributed by atoms with van der Waals surface area (Å²) in [6.07, 6.45) is 3.36. The number of benzene rings is 1. The second-order valence-corrected chi connectivity index (χ2v) is 6.32. The molecular weight excluding hydrogens is 314 g/mol. The molecule has 2 rings (SSSR count). The molecule has 3 N–H and O–H groups in total. The van der Waals surface area contributed by atoms with Gasteiger partial charge in [0.25, 0.3) is 0 Å². The van der Waals surface area contributed by atoms with Gasteiger partial charge in [0, 0.05) is 12.7 Å². The minimum atomic E-state index is -0.783. The average molecular weight is 340 g/mol. The Morgan fingerprint density at radius 2 is 1.87 bits per heavy atom. The van der Waals surface area contributed by atoms with Crippen LogP contribution in [0.25, 0.3) is 0 Å². The number of nitrogens with one attached hydrogen (secondary N) is 1. The van der Waals surface area contributed by atoms with E-state index in [1.165, 1.54) is 4.90 Å². The number of halogens is 1. The van der Waals surface area contributed by atoms with E-state index in [0.717, 1.165) is 29.7 Å². The van der Waals surface area contributed by atoms with Gasteiger partial charge in [0.1, 0.15) is 0 Å². The number of aryl methyl sites for hydroxylation is 1. The zero-order chi connectivity index (χ0) is 16.3. The van der Waals surface area contributed by atoms with Gasteiger partial charge < -0.3 is 16.0 Å². The minimum Gasteiger partial charge on any atom is -0.335 e. The molecule has 1 aromatic rings. The molecule has 0 aromatic heterocycles. The second kappa shape index (κ2) is 7.79. The van der Waals surface area contributed by atoms with Crippen LogP contribution in [0.1, 0.15) is 36.8 Å². The topological polar surface area (TPSA) is 75.4 Å². The molecule has 1 saturated carbocycles. The van der Waals surface area contributed by atoms with Crippen molar-refractivity contribution in [1.29, 1.82) is 0 Å². The van der Waals surface area contributed by atoms with Gasteiger partial charge in [-0.2, -0.15) is 0 Å². The highest BCUT2D eigenvalue weighted by Crippen LogP contribution is 2.28. The normalized spacial score (nSPS) is 15.7. The molecule has 1 aliphatic rings. The van der Waals surface area contributed by atoms with E-state index < -0.39 is 5.54 Å². The number of carbonyl (C=O) groups excluding carboxylic acids is 2. The van der Waals surface area contributed by atoms with Crippen LogP contribution in [0.2, 0.25) is 0 Å². The lowest BCUT2D eigenvalue weighted by Crippen LogP contribution is -2.53. The summed E-state index contributed by atoms with van der Waals surface area (Å²) in [5.74, 6) is -0.340. The van der Waals surface area contributed by atoms with E-state index >= 15 is 0 Å². The van der Waals surface area contributed by atoms with Crippen molar-refractivity contribution in [2.24, 2.45) is 5.73 Å². The number of rotatable bonds is 4. The largest absolute Gasteiger partial charge is 0.335 e. The van der Waals surface area contributed by atoms with Gasteiger partial charge in [-0.3, -0.25) is 9.59 Å². The van der Waals surface area contributed by atoms with Crippen LogP contribution in [-0.4, -0.2) is 35.8 Å². The molecule has 0 spiro atoms. The first-order valence-corrected chi connectivity index (χ1v) is 7.74. The molecule has 0 radical (unpaired) electrons. The summed E-state index contributed by atoms with van der Waals surface area (Å²) < 4.78 is 0. The lowest BCUT2D eigenvalue weighted by Gasteiger charge is -2.28. The first kappa shape index (κ1) is 19.5. The fourth-order valence-corrected chi connectivity index (χ4v) is 2.96. The maximum absolute atomic E-state index is 12.4. The highest BCUT2D eigenvalue weighted by atomic mass is 35.5. The Morgan fingerprint density at radius 3 is 2.48 bits per heavy atom. The third-order valence-corrected chi connectivity index (χ3v) is 4.53. The highest BCUT2D eigenvalue weighted by molar-refractivity contribution is 5.96. The Morgan fingerprint density at radius 1 is 1.26 bits per heavy atom. The smallest absolute Gasteiger partial charge is 0.243 e. The summed E-state index contributed by atoms with van der Waals surface area (Å²) in [4.78, 5) is 26.0. The lowest BCUT2D eigenvalue weighted by molar-refractivity contribution is -0.138. The Kier molecular flexibility index (Phi) is 6.59. The molecule has 1 fully saturated rings. The number of nitrogens with zero attached hydrogens (tertiary/aromatic N) is 1. The van der Waals surface area contributed by atoms with E-state index in [2.05, 4.69) is 5.32 Å². The van der Waals surface area contributed by atoms with Gasteiger partial charge in [0.15, 0.2) is 0 Å². The number of nitrogens with two attached hydrogens (primary N) is 1. The van der Waals surface area contributed by atoms with E-state index in [-0.39, 0.29) is 30.8 Å². The van der Waals surface area contributed by atoms with E-state index in [9.17, 15) is 9.59 Å². The molecule has 0 aliphatic heterocycles. The Hall–Kier alpha value is -1.59. The summed E-state index contributed by atoms with van der Waals surface area (Å²) in [5, 5.41) is 2.87. The predicted molar refractivity (Wildman–Crippen MR) is 94.8 cm³/mol. The molecule has 0 saturated heterocycles. The number of carbonyl (C=O) groups is 2. The van der Waals surface area contributed by atoms with Gasteiger partial charge in [-0.25, -0.2) is 0 Å². The van der Waals surface area contributed by atoms with E-state index in [1.54, 1.807) is 7.05 Å². The zero-order valence-electron chi connectivity index (χ0n) is 14.0. The van der Waals surface area contributed by atoms with Crippen molar-refractivity contribution in [2.45, 2.75) is 45.1 Å². The van der Waals surface area contributed by atoms with Gasteiger partial charge in [0.05, 0.1) is 12.1 Å². The SMILES string of the molecule is Cc1cccc(NC(=O)CN(C)C(=O)C2(N)CCCC2)c1C.Cl. The van der Waals surface area contributed by atoms with Crippen molar-refractivity contribution in [1.82, 2.24) is 4.90 Å². The van der Waals surface area contributed by atoms with Crippen LogP contribution in [0.4, 0.5) is 5.69 Å². The molecule has 0 bridgehead atoms. The number of hydrogen-bond donors (Lipinski definition) is 2. The molecule has 2 amide bonds. The number of likely N-dealkylation sites (N-methyl/N-ethyl adjacent to an activating group) is 1. The highest BCUT2D eigenvalue weighted by Gasteiger charge is 2.39. The van der Waals surface area contributed by atoms with E-state index in [0.29, 0.717) is 12.8 Å². The van der Waals surface area contributed by atoms with Crippen molar-refractivity contribution in [3.05, 3.63) is 29.3 Å². The number of anilines is 1. The van der Waals surface area contributed by atoms with E-state index in [1.807, 2.05) is 32.0 Å². The van der Waals surface area contributed by atoms with Gasteiger partial charge in [-0.15, -0.1) is 12.4 Å². The van der Waals surface area contributed by atoms with Crippen LogP contribution in [0.3, 0.4) is 0 Å². The fraction of sp³-hybridized carbons (Fsp3) is 0.529. The molecule has 0 unspecified atom stereocenters. The molecule has 128 valence electrons. The first-order valence-electron chi connectivity index (χ1n) is 7.74. The Balaban J connectivity index is 0.00000264. The Labute approximate surface area is 144 Å². The summed E-state index contributed by atoms with van der Waals surface area (Å²) in [6, 6.07) is 5.77. The minimum absolute atomic E-state index is 0. The van der Waals surface area contributed by atoms with E-state index in [4.69, 9.17) is 5.73 Å². The number of hydrogen-bond acceptors (Lipinski definition) is 3. The molecule has 1 aromatic carbocycles. The van der Waals surface area contributed by atoms with Crippen molar-refractivity contribution in [3.8, 4) is 0 Å². The van der Waals surface area contributed by atoms with Crippen LogP contribution in [-0.2, 0) is 9.59 Å². The van der Waals surface area contributed by atoms with Crippen LogP contribution in [0, 0.1) is 13.8 Å². The molecular formula is C17H26ClN3O2. The van der Waals surface area contributed by atoms with Crippen molar-refractivity contribution in [2.75, 3.05) is 18.9 Å². The predicted octanol–water partition coefficient (Wildman–Crippen LogP) is 2.39. The number of amides is 2. The Bertz CT molecular complexity index is 583. The van der Waals surface area contributed by atoms with Crippen LogP contribution in [0.15, 0.2) is 18.2 Å². The molecule has 6 heteroatoms. The standard InChI is InChI=1S/C17H25N3O2.ClH/c1-12-7-6-8-14(13(12)2)19-15(21)11-20(3)16(22)17(18)9-4-5-10-17;/h6-8H,4-5,9-11,18H2,1-3H3,(H,19,21);1H. The lowest BCUT2D eigenvalue weighted by atomic mass is 9.97. The van der Waals surface area contributed by atoms with Crippen molar-refractivity contribution < 1.29 is 9.59 Å². The third-order valence-electron chi connectivity index (χ3n) is 4.53. The van der Waals surface area contributed by atoms with Gasteiger partial charge in [-0.05, 0) is 43.9 Å². The molecule has 0 heterocycles. The van der Waals surface area contributed by atoms with Crippen molar-refractivity contribution in [3.63, 3.8) is 0 Å². The van der Waals surface area contributed by atoms with Crippen LogP contribution in [0.5, 0.6) is 0 Å². The van der Waals surface area contributed by atoms with Crippen molar-refractivity contribution >= 4 is 29.9 Å². The van der Waals surface area contributed by atoms with Gasteiger partial charge >= 0.3 is 0 Å². The second-order valence-electron chi connectivity index (χ2n) is 6.32. The van der Waals surface area contributed by atoms with Gasteiger partial charge in [0.2, 0.25) is 11.8 Å². The van der Waals surface area contributed by atoms with Crippen LogP contribution < -0.4 is 11.1 Å². The maximum Gasteiger partial charge on any atom is 0.243 e. The molecule has 5 nitrogen and oxygen atoms in total. The molecule has 0 atom stereocenters. The maximum atomic E-state index is 12.4. The van der Waals surface area contributed by atoms with Gasteiger partial charge in [-0.1, -0.05) is 25.0 Å².